The molecule has 96 valence electrons. The molecule has 0 aliphatic heterocycles. The summed E-state index contributed by atoms with van der Waals surface area (Å²) in [6.07, 6.45) is 3.08. The molecule has 0 aliphatic rings. The van der Waals surface area contributed by atoms with E-state index >= 15 is 0 Å². The van der Waals surface area contributed by atoms with Crippen molar-refractivity contribution in [1.29, 1.82) is 0 Å². The summed E-state index contributed by atoms with van der Waals surface area (Å²) in [6, 6.07) is 0. The zero-order chi connectivity index (χ0) is 12.9. The first-order chi connectivity index (χ1) is 8.07. The van der Waals surface area contributed by atoms with Gasteiger partial charge >= 0.3 is 0 Å². The summed E-state index contributed by atoms with van der Waals surface area (Å²) in [6.45, 7) is 6.48. The number of nitrogens with zero attached hydrogens (tertiary/aromatic N) is 2. The molecular formula is C10H18N4O2S. The summed E-state index contributed by atoms with van der Waals surface area (Å²) in [4.78, 5) is 0. The Bertz CT molecular complexity index is 466. The molecule has 0 atom stereocenters. The van der Waals surface area contributed by atoms with Crippen molar-refractivity contribution in [2.24, 2.45) is 0 Å². The molecule has 17 heavy (non-hydrogen) atoms. The van der Waals surface area contributed by atoms with E-state index in [1.165, 1.54) is 10.5 Å². The Morgan fingerprint density at radius 3 is 2.88 bits per heavy atom. The molecule has 0 amide bonds. The smallest absolute Gasteiger partial charge is 0.260 e. The highest BCUT2D eigenvalue weighted by atomic mass is 32.2. The number of hydrogen-bond donors (Lipinski definition) is 2. The molecular weight excluding hydrogens is 240 g/mol. The fraction of sp³-hybridized carbons (Fsp3) is 0.500. The maximum absolute atomic E-state index is 12.3. The van der Waals surface area contributed by atoms with Gasteiger partial charge in [0.05, 0.1) is 6.20 Å². The Hall–Kier alpha value is -1.18. The lowest BCUT2D eigenvalue weighted by Crippen LogP contribution is -2.32. The maximum atomic E-state index is 12.3. The second-order valence-corrected chi connectivity index (χ2v) is 5.37. The lowest BCUT2D eigenvalue weighted by atomic mass is 10.4. The van der Waals surface area contributed by atoms with E-state index in [2.05, 4.69) is 22.1 Å². The third kappa shape index (κ3) is 2.93. The molecule has 7 heteroatoms. The van der Waals surface area contributed by atoms with Crippen LogP contribution in [-0.2, 0) is 16.6 Å². The average Bonchev–Trinajstić information content (AvgIpc) is 2.75. The summed E-state index contributed by atoms with van der Waals surface area (Å²) in [5.74, 6) is 0. The van der Waals surface area contributed by atoms with Gasteiger partial charge in [0, 0.05) is 25.2 Å². The number of hydrogen-bond acceptors (Lipinski definition) is 4. The molecule has 0 spiro atoms. The number of aromatic amines is 1. The van der Waals surface area contributed by atoms with Crippen molar-refractivity contribution < 1.29 is 8.42 Å². The van der Waals surface area contributed by atoms with Gasteiger partial charge in [0.15, 0.2) is 5.03 Å². The van der Waals surface area contributed by atoms with Crippen molar-refractivity contribution in [2.75, 3.05) is 20.1 Å². The highest BCUT2D eigenvalue weighted by Gasteiger charge is 2.26. The van der Waals surface area contributed by atoms with Gasteiger partial charge in [-0.05, 0) is 7.05 Å². The van der Waals surface area contributed by atoms with E-state index < -0.39 is 10.0 Å². The molecule has 0 unspecified atom stereocenters. The van der Waals surface area contributed by atoms with Crippen molar-refractivity contribution in [1.82, 2.24) is 19.8 Å². The number of nitrogens with one attached hydrogen (secondary N) is 2. The molecule has 0 saturated heterocycles. The summed E-state index contributed by atoms with van der Waals surface area (Å²) >= 11 is 0. The van der Waals surface area contributed by atoms with Crippen LogP contribution in [0.5, 0.6) is 0 Å². The largest absolute Gasteiger partial charge is 0.316 e. The number of aromatic nitrogens is 2. The Balaban J connectivity index is 3.10. The fourth-order valence-electron chi connectivity index (χ4n) is 1.51. The van der Waals surface area contributed by atoms with Gasteiger partial charge in [-0.25, -0.2) is 8.42 Å². The third-order valence-corrected chi connectivity index (χ3v) is 4.29. The zero-order valence-electron chi connectivity index (χ0n) is 10.1. The van der Waals surface area contributed by atoms with Crippen LogP contribution in [-0.4, -0.2) is 43.1 Å². The zero-order valence-corrected chi connectivity index (χ0v) is 10.9. The Labute approximate surface area is 102 Å². The standard InChI is InChI=1S/C10H18N4O2S/c1-4-6-14(5-2)17(15,16)10-9(7-11-3)8-12-13-10/h4,8,11H,1,5-7H2,2-3H3,(H,12,13). The summed E-state index contributed by atoms with van der Waals surface area (Å²) < 4.78 is 25.9. The van der Waals surface area contributed by atoms with E-state index in [0.717, 1.165) is 0 Å². The van der Waals surface area contributed by atoms with Gasteiger partial charge in [-0.1, -0.05) is 13.0 Å². The normalized spacial score (nSPS) is 11.9. The van der Waals surface area contributed by atoms with Crippen LogP contribution in [0, 0.1) is 0 Å². The predicted octanol–water partition coefficient (Wildman–Crippen LogP) is 0.326. The molecule has 6 nitrogen and oxygen atoms in total. The van der Waals surface area contributed by atoms with Crippen LogP contribution in [0.2, 0.25) is 0 Å². The molecule has 0 aliphatic carbocycles. The van der Waals surface area contributed by atoms with Gasteiger partial charge in [0.2, 0.25) is 0 Å². The first kappa shape index (κ1) is 13.9. The molecule has 1 rings (SSSR count). The summed E-state index contributed by atoms with van der Waals surface area (Å²) in [7, 11) is -1.76. The van der Waals surface area contributed by atoms with Crippen molar-refractivity contribution >= 4 is 10.0 Å². The minimum atomic E-state index is -3.52. The SMILES string of the molecule is C=CCN(CC)S(=O)(=O)c1[nH]ncc1CNC. The second-order valence-electron chi connectivity index (χ2n) is 3.50. The van der Waals surface area contributed by atoms with Gasteiger partial charge in [-0.2, -0.15) is 9.40 Å². The van der Waals surface area contributed by atoms with Gasteiger partial charge < -0.3 is 5.32 Å². The number of rotatable bonds is 7. The van der Waals surface area contributed by atoms with Gasteiger partial charge in [0.1, 0.15) is 0 Å². The molecule has 2 N–H and O–H groups in total. The van der Waals surface area contributed by atoms with Crippen molar-refractivity contribution in [3.8, 4) is 0 Å². The average molecular weight is 258 g/mol. The number of H-pyrrole nitrogens is 1. The number of sulfonamides is 1. The van der Waals surface area contributed by atoms with Gasteiger partial charge in [-0.3, -0.25) is 5.10 Å². The predicted molar refractivity (Wildman–Crippen MR) is 66.0 cm³/mol. The topological polar surface area (TPSA) is 78.1 Å². The van der Waals surface area contributed by atoms with Crippen LogP contribution in [0.15, 0.2) is 23.9 Å². The van der Waals surface area contributed by atoms with Crippen LogP contribution in [0.25, 0.3) is 0 Å². The quantitative estimate of drug-likeness (QED) is 0.691. The minimum absolute atomic E-state index is 0.149. The van der Waals surface area contributed by atoms with E-state index in [1.807, 2.05) is 0 Å². The second kappa shape index (κ2) is 5.95. The summed E-state index contributed by atoms with van der Waals surface area (Å²) in [5.41, 5.74) is 0.634. The van der Waals surface area contributed by atoms with E-state index in [0.29, 0.717) is 18.7 Å². The molecule has 0 aromatic carbocycles. The minimum Gasteiger partial charge on any atom is -0.316 e. The van der Waals surface area contributed by atoms with Crippen LogP contribution >= 0.6 is 0 Å². The lowest BCUT2D eigenvalue weighted by Gasteiger charge is -2.18. The lowest BCUT2D eigenvalue weighted by molar-refractivity contribution is 0.456. The van der Waals surface area contributed by atoms with Crippen molar-refractivity contribution in [2.45, 2.75) is 18.5 Å². The Morgan fingerprint density at radius 2 is 2.35 bits per heavy atom. The number of likely N-dealkylation sites (N-methyl/N-ethyl adjacent to an activating group) is 1. The highest BCUT2D eigenvalue weighted by Crippen LogP contribution is 2.17. The van der Waals surface area contributed by atoms with E-state index in [4.69, 9.17) is 0 Å². The van der Waals surface area contributed by atoms with Crippen molar-refractivity contribution in [3.63, 3.8) is 0 Å². The molecule has 0 radical (unpaired) electrons. The first-order valence-electron chi connectivity index (χ1n) is 5.35. The maximum Gasteiger partial charge on any atom is 0.260 e. The van der Waals surface area contributed by atoms with Crippen LogP contribution in [0.4, 0.5) is 0 Å². The molecule has 1 aromatic rings. The van der Waals surface area contributed by atoms with E-state index in [1.54, 1.807) is 20.0 Å². The monoisotopic (exact) mass is 258 g/mol. The van der Waals surface area contributed by atoms with E-state index in [-0.39, 0.29) is 11.6 Å². The van der Waals surface area contributed by atoms with Gasteiger partial charge in [0.25, 0.3) is 10.0 Å². The van der Waals surface area contributed by atoms with Crippen LogP contribution < -0.4 is 5.32 Å². The molecule has 0 fully saturated rings. The Morgan fingerprint density at radius 1 is 1.65 bits per heavy atom. The molecule has 1 aromatic heterocycles. The van der Waals surface area contributed by atoms with Crippen LogP contribution in [0.3, 0.4) is 0 Å². The molecule has 1 heterocycles. The van der Waals surface area contributed by atoms with E-state index in [9.17, 15) is 8.42 Å². The third-order valence-electron chi connectivity index (χ3n) is 2.33. The van der Waals surface area contributed by atoms with Crippen LogP contribution in [0.1, 0.15) is 12.5 Å². The van der Waals surface area contributed by atoms with Crippen molar-refractivity contribution in [3.05, 3.63) is 24.4 Å². The molecule has 0 bridgehead atoms. The Kier molecular flexibility index (Phi) is 4.86. The fourth-order valence-corrected chi connectivity index (χ4v) is 3.03. The van der Waals surface area contributed by atoms with Gasteiger partial charge in [-0.15, -0.1) is 6.58 Å². The summed E-state index contributed by atoms with van der Waals surface area (Å²) in [5, 5.41) is 9.39. The first-order valence-corrected chi connectivity index (χ1v) is 6.79. The molecule has 0 saturated carbocycles. The highest BCUT2D eigenvalue weighted by molar-refractivity contribution is 7.89.